The van der Waals surface area contributed by atoms with Crippen molar-refractivity contribution in [2.24, 2.45) is 17.8 Å². The van der Waals surface area contributed by atoms with Crippen molar-refractivity contribution < 1.29 is 22.3 Å². The zero-order valence-electron chi connectivity index (χ0n) is 20.3. The lowest BCUT2D eigenvalue weighted by Crippen LogP contribution is -2.37. The Morgan fingerprint density at radius 1 is 0.824 bits per heavy atom. The lowest BCUT2D eigenvalue weighted by molar-refractivity contribution is -0.224. The first-order valence-electron chi connectivity index (χ1n) is 12.8. The molecule has 34 heavy (non-hydrogen) atoms. The fraction of sp³-hybridized carbons (Fsp3) is 0.586. The van der Waals surface area contributed by atoms with Crippen LogP contribution in [0.4, 0.5) is 17.6 Å². The number of hydrogen-bond acceptors (Lipinski definition) is 1. The second kappa shape index (κ2) is 10.7. The zero-order chi connectivity index (χ0) is 24.3. The normalized spacial score (nSPS) is 25.8. The van der Waals surface area contributed by atoms with E-state index < -0.39 is 29.4 Å². The highest BCUT2D eigenvalue weighted by Crippen LogP contribution is 2.42. The van der Waals surface area contributed by atoms with Gasteiger partial charge in [0.05, 0.1) is 5.92 Å². The monoisotopic (exact) mass is 476 g/mol. The molecule has 2 fully saturated rings. The molecule has 0 heterocycles. The van der Waals surface area contributed by atoms with E-state index in [9.17, 15) is 17.6 Å². The molecular weight excluding hydrogens is 440 g/mol. The first-order chi connectivity index (χ1) is 16.2. The Bertz CT molecular complexity index is 939. The summed E-state index contributed by atoms with van der Waals surface area (Å²) in [4.78, 5) is 0. The molecule has 2 aromatic rings. The second-order valence-corrected chi connectivity index (χ2v) is 10.6. The largest absolute Gasteiger partial charge is 0.429 e. The van der Waals surface area contributed by atoms with E-state index in [0.29, 0.717) is 37.5 Å². The molecule has 2 aliphatic rings. The molecular formula is C29H36F4O. The van der Waals surface area contributed by atoms with Crippen LogP contribution in [0.15, 0.2) is 36.4 Å². The molecule has 0 aromatic heterocycles. The first kappa shape index (κ1) is 25.1. The molecule has 0 aliphatic heterocycles. The van der Waals surface area contributed by atoms with Crippen LogP contribution >= 0.6 is 0 Å². The van der Waals surface area contributed by atoms with E-state index in [1.165, 1.54) is 49.8 Å². The Morgan fingerprint density at radius 2 is 1.47 bits per heavy atom. The van der Waals surface area contributed by atoms with Gasteiger partial charge in [0.15, 0.2) is 11.6 Å². The van der Waals surface area contributed by atoms with Gasteiger partial charge in [0, 0.05) is 0 Å². The van der Waals surface area contributed by atoms with Gasteiger partial charge in [0.25, 0.3) is 0 Å². The highest BCUT2D eigenvalue weighted by molar-refractivity contribution is 5.30. The molecule has 2 aromatic carbocycles. The maximum atomic E-state index is 14.7. The summed E-state index contributed by atoms with van der Waals surface area (Å²) >= 11 is 0. The van der Waals surface area contributed by atoms with Crippen molar-refractivity contribution in [1.82, 2.24) is 0 Å². The van der Waals surface area contributed by atoms with Gasteiger partial charge >= 0.3 is 6.11 Å². The van der Waals surface area contributed by atoms with E-state index >= 15 is 0 Å². The third-order valence-corrected chi connectivity index (χ3v) is 8.12. The van der Waals surface area contributed by atoms with Crippen molar-refractivity contribution in [1.29, 1.82) is 0 Å². The predicted molar refractivity (Wildman–Crippen MR) is 127 cm³/mol. The van der Waals surface area contributed by atoms with E-state index in [4.69, 9.17) is 4.74 Å². The highest BCUT2D eigenvalue weighted by Gasteiger charge is 2.44. The molecule has 0 bridgehead atoms. The SMILES string of the molecule is Cc1ccc(OC(F)(F)C2CCC(CCc3ccc(C4CCC(C)CC4)cc3)CC2)c(F)c1F. The van der Waals surface area contributed by atoms with Gasteiger partial charge in [-0.25, -0.2) is 4.39 Å². The summed E-state index contributed by atoms with van der Waals surface area (Å²) < 4.78 is 61.8. The summed E-state index contributed by atoms with van der Waals surface area (Å²) in [6.45, 7) is 3.72. The number of halogens is 4. The van der Waals surface area contributed by atoms with Crippen molar-refractivity contribution >= 4 is 0 Å². The van der Waals surface area contributed by atoms with Crippen LogP contribution in [0.2, 0.25) is 0 Å². The van der Waals surface area contributed by atoms with Crippen molar-refractivity contribution in [2.75, 3.05) is 0 Å². The number of benzene rings is 2. The summed E-state index contributed by atoms with van der Waals surface area (Å²) in [6.07, 6.45) is 5.67. The number of alkyl halides is 2. The number of aryl methyl sites for hydroxylation is 2. The Hall–Kier alpha value is -2.04. The van der Waals surface area contributed by atoms with Gasteiger partial charge in [-0.15, -0.1) is 0 Å². The first-order valence-corrected chi connectivity index (χ1v) is 12.8. The minimum Gasteiger partial charge on any atom is -0.429 e. The molecule has 0 unspecified atom stereocenters. The fourth-order valence-corrected chi connectivity index (χ4v) is 5.64. The van der Waals surface area contributed by atoms with E-state index in [1.54, 1.807) is 0 Å². The van der Waals surface area contributed by atoms with Gasteiger partial charge in [-0.3, -0.25) is 0 Å². The molecule has 0 N–H and O–H groups in total. The predicted octanol–water partition coefficient (Wildman–Crippen LogP) is 8.98. The molecule has 0 saturated heterocycles. The fourth-order valence-electron chi connectivity index (χ4n) is 5.64. The summed E-state index contributed by atoms with van der Waals surface area (Å²) in [7, 11) is 0. The van der Waals surface area contributed by atoms with E-state index in [0.717, 1.165) is 24.8 Å². The van der Waals surface area contributed by atoms with Crippen molar-refractivity contribution in [3.05, 3.63) is 64.7 Å². The van der Waals surface area contributed by atoms with Crippen LogP contribution in [0.3, 0.4) is 0 Å². The third kappa shape index (κ3) is 5.95. The van der Waals surface area contributed by atoms with Crippen LogP contribution in [0.5, 0.6) is 5.75 Å². The Labute approximate surface area is 200 Å². The molecule has 1 nitrogen and oxygen atoms in total. The Balaban J connectivity index is 1.24. The molecule has 0 spiro atoms. The van der Waals surface area contributed by atoms with Gasteiger partial charge in [-0.2, -0.15) is 13.2 Å². The van der Waals surface area contributed by atoms with Crippen LogP contribution in [0, 0.1) is 36.3 Å². The van der Waals surface area contributed by atoms with Gasteiger partial charge < -0.3 is 4.74 Å². The van der Waals surface area contributed by atoms with Crippen LogP contribution < -0.4 is 4.74 Å². The van der Waals surface area contributed by atoms with Crippen molar-refractivity contribution in [3.63, 3.8) is 0 Å². The summed E-state index contributed by atoms with van der Waals surface area (Å²) in [5.41, 5.74) is 2.82. The van der Waals surface area contributed by atoms with Gasteiger partial charge in [0.1, 0.15) is 0 Å². The number of rotatable bonds is 7. The van der Waals surface area contributed by atoms with Crippen LogP contribution in [0.1, 0.15) is 87.3 Å². The van der Waals surface area contributed by atoms with Gasteiger partial charge in [0.2, 0.25) is 5.82 Å². The zero-order valence-corrected chi connectivity index (χ0v) is 20.3. The standard InChI is InChI=1S/C29H36F4O/c1-19-3-12-23(13-4-19)24-14-8-21(9-15-24)6-7-22-10-16-25(17-11-22)29(32,33)34-26-18-5-20(2)27(30)28(26)31/h5,8-9,14-15,18-19,22-23,25H,3-4,6-7,10-13,16-17H2,1-2H3. The average Bonchev–Trinajstić information content (AvgIpc) is 2.84. The smallest absolute Gasteiger partial charge is 0.400 e. The third-order valence-electron chi connectivity index (χ3n) is 8.12. The molecule has 5 heteroatoms. The van der Waals surface area contributed by atoms with E-state index in [2.05, 4.69) is 31.2 Å². The lowest BCUT2D eigenvalue weighted by atomic mass is 9.78. The lowest BCUT2D eigenvalue weighted by Gasteiger charge is -2.33. The number of hydrogen-bond donors (Lipinski definition) is 0. The highest BCUT2D eigenvalue weighted by atomic mass is 19.3. The number of ether oxygens (including phenoxy) is 1. The minimum atomic E-state index is -3.51. The van der Waals surface area contributed by atoms with Gasteiger partial charge in [-0.05, 0) is 98.8 Å². The molecule has 2 aliphatic carbocycles. The second-order valence-electron chi connectivity index (χ2n) is 10.6. The molecule has 186 valence electrons. The van der Waals surface area contributed by atoms with Crippen molar-refractivity contribution in [2.45, 2.75) is 90.1 Å². The van der Waals surface area contributed by atoms with Crippen LogP contribution in [-0.2, 0) is 6.42 Å². The summed E-state index contributed by atoms with van der Waals surface area (Å²) in [6, 6.07) is 11.3. The van der Waals surface area contributed by atoms with E-state index in [-0.39, 0.29) is 5.56 Å². The molecule has 2 saturated carbocycles. The van der Waals surface area contributed by atoms with Crippen LogP contribution in [-0.4, -0.2) is 6.11 Å². The quantitative estimate of drug-likeness (QED) is 0.362. The van der Waals surface area contributed by atoms with E-state index in [1.807, 2.05) is 0 Å². The maximum Gasteiger partial charge on any atom is 0.400 e. The molecule has 0 atom stereocenters. The summed E-state index contributed by atoms with van der Waals surface area (Å²) in [5.74, 6) is -2.25. The van der Waals surface area contributed by atoms with Gasteiger partial charge in [-0.1, -0.05) is 50.1 Å². The van der Waals surface area contributed by atoms with Crippen molar-refractivity contribution in [3.8, 4) is 5.75 Å². The Morgan fingerprint density at radius 3 is 2.12 bits per heavy atom. The maximum absolute atomic E-state index is 14.7. The summed E-state index contributed by atoms with van der Waals surface area (Å²) in [5, 5.41) is 0. The minimum absolute atomic E-state index is 0.0620. The Kier molecular flexibility index (Phi) is 7.89. The van der Waals surface area contributed by atoms with Crippen LogP contribution in [0.25, 0.3) is 0 Å². The topological polar surface area (TPSA) is 9.23 Å². The molecule has 0 radical (unpaired) electrons. The average molecular weight is 477 g/mol. The molecule has 0 amide bonds. The molecule has 4 rings (SSSR count).